The molecule has 0 spiro atoms. The lowest BCUT2D eigenvalue weighted by molar-refractivity contribution is -0.139. The fourth-order valence-electron chi connectivity index (χ4n) is 2.78. The molecule has 0 unspecified atom stereocenters. The molecule has 0 bridgehead atoms. The van der Waals surface area contributed by atoms with E-state index < -0.39 is 29.3 Å². The van der Waals surface area contributed by atoms with Crippen molar-refractivity contribution in [2.75, 3.05) is 6.61 Å². The normalized spacial score (nSPS) is 15.5. The zero-order chi connectivity index (χ0) is 19.4. The van der Waals surface area contributed by atoms with Gasteiger partial charge in [-0.25, -0.2) is 4.79 Å². The van der Waals surface area contributed by atoms with E-state index in [0.29, 0.717) is 12.4 Å². The zero-order valence-electron chi connectivity index (χ0n) is 14.4. The van der Waals surface area contributed by atoms with Crippen LogP contribution >= 0.6 is 0 Å². The van der Waals surface area contributed by atoms with Gasteiger partial charge in [0.25, 0.3) is 17.7 Å². The molecule has 3 rings (SSSR count). The van der Waals surface area contributed by atoms with E-state index in [1.54, 1.807) is 30.3 Å². The molecule has 8 heteroatoms. The van der Waals surface area contributed by atoms with Gasteiger partial charge in [0.1, 0.15) is 5.75 Å². The molecule has 1 aliphatic heterocycles. The van der Waals surface area contributed by atoms with Crippen molar-refractivity contribution >= 4 is 23.8 Å². The molecule has 138 valence electrons. The van der Waals surface area contributed by atoms with Crippen molar-refractivity contribution in [2.45, 2.75) is 12.5 Å². The SMILES string of the molecule is CCOc1ccc(C(=O)NC2(c3ccccc3)C(=O)NC(=O)NC2=O)cc1. The highest BCUT2D eigenvalue weighted by Crippen LogP contribution is 2.25. The summed E-state index contributed by atoms with van der Waals surface area (Å²) in [4.78, 5) is 49.4. The number of imide groups is 2. The molecule has 0 atom stereocenters. The Morgan fingerprint density at radius 2 is 1.56 bits per heavy atom. The highest BCUT2D eigenvalue weighted by Gasteiger charge is 2.53. The van der Waals surface area contributed by atoms with E-state index in [4.69, 9.17) is 4.74 Å². The summed E-state index contributed by atoms with van der Waals surface area (Å²) in [6.07, 6.45) is 0. The summed E-state index contributed by atoms with van der Waals surface area (Å²) in [7, 11) is 0. The number of barbiturate groups is 1. The molecule has 0 saturated carbocycles. The number of rotatable bonds is 5. The minimum absolute atomic E-state index is 0.228. The number of amides is 5. The van der Waals surface area contributed by atoms with E-state index in [0.717, 1.165) is 0 Å². The number of carbonyl (C=O) groups excluding carboxylic acids is 4. The largest absolute Gasteiger partial charge is 0.494 e. The molecule has 27 heavy (non-hydrogen) atoms. The average molecular weight is 367 g/mol. The van der Waals surface area contributed by atoms with E-state index in [-0.39, 0.29) is 11.1 Å². The van der Waals surface area contributed by atoms with Gasteiger partial charge in [-0.3, -0.25) is 25.0 Å². The van der Waals surface area contributed by atoms with Gasteiger partial charge < -0.3 is 10.1 Å². The lowest BCUT2D eigenvalue weighted by Gasteiger charge is -2.34. The van der Waals surface area contributed by atoms with Crippen LogP contribution < -0.4 is 20.7 Å². The molecule has 5 amide bonds. The Hall–Kier alpha value is -3.68. The summed E-state index contributed by atoms with van der Waals surface area (Å²) in [5.74, 6) is -1.92. The second kappa shape index (κ2) is 7.28. The topological polar surface area (TPSA) is 114 Å². The first-order valence-corrected chi connectivity index (χ1v) is 8.25. The van der Waals surface area contributed by atoms with Gasteiger partial charge in [0.05, 0.1) is 6.61 Å². The molecule has 1 aliphatic rings. The van der Waals surface area contributed by atoms with Crippen molar-refractivity contribution in [3.8, 4) is 5.75 Å². The van der Waals surface area contributed by atoms with Crippen LogP contribution in [0.25, 0.3) is 0 Å². The number of nitrogens with one attached hydrogen (secondary N) is 3. The summed E-state index contributed by atoms with van der Waals surface area (Å²) < 4.78 is 5.33. The number of benzene rings is 2. The third-order valence-corrected chi connectivity index (χ3v) is 4.07. The van der Waals surface area contributed by atoms with Crippen molar-refractivity contribution in [1.82, 2.24) is 16.0 Å². The Morgan fingerprint density at radius 1 is 0.963 bits per heavy atom. The molecule has 0 aliphatic carbocycles. The standard InChI is InChI=1S/C19H17N3O5/c1-2-27-14-10-8-12(9-11-14)15(23)22-19(13-6-4-3-5-7-13)16(24)20-18(26)21-17(19)25/h3-11H,2H2,1H3,(H,22,23)(H2,20,21,24,25,26). The highest BCUT2D eigenvalue weighted by atomic mass is 16.5. The second-order valence-corrected chi connectivity index (χ2v) is 5.76. The van der Waals surface area contributed by atoms with Crippen LogP contribution in [-0.4, -0.2) is 30.4 Å². The zero-order valence-corrected chi connectivity index (χ0v) is 14.4. The van der Waals surface area contributed by atoms with E-state index in [2.05, 4.69) is 5.32 Å². The van der Waals surface area contributed by atoms with Crippen molar-refractivity contribution in [1.29, 1.82) is 0 Å². The van der Waals surface area contributed by atoms with Crippen molar-refractivity contribution in [3.63, 3.8) is 0 Å². The molecule has 2 aromatic carbocycles. The van der Waals surface area contributed by atoms with Crippen LogP contribution in [0.15, 0.2) is 54.6 Å². The van der Waals surface area contributed by atoms with Crippen molar-refractivity contribution in [3.05, 3.63) is 65.7 Å². The summed E-state index contributed by atoms with van der Waals surface area (Å²) in [5.41, 5.74) is -1.61. The van der Waals surface area contributed by atoms with E-state index in [1.807, 2.05) is 17.6 Å². The first-order valence-electron chi connectivity index (χ1n) is 8.25. The van der Waals surface area contributed by atoms with Crippen molar-refractivity contribution < 1.29 is 23.9 Å². The molecule has 0 radical (unpaired) electrons. The molecular formula is C19H17N3O5. The van der Waals surface area contributed by atoms with Crippen LogP contribution in [-0.2, 0) is 15.1 Å². The second-order valence-electron chi connectivity index (χ2n) is 5.76. The summed E-state index contributed by atoms with van der Waals surface area (Å²) in [5, 5.41) is 6.55. The first-order chi connectivity index (χ1) is 13.0. The monoisotopic (exact) mass is 367 g/mol. The highest BCUT2D eigenvalue weighted by molar-refractivity contribution is 6.24. The van der Waals surface area contributed by atoms with Crippen LogP contribution in [0.1, 0.15) is 22.8 Å². The van der Waals surface area contributed by atoms with Crippen LogP contribution in [0, 0.1) is 0 Å². The van der Waals surface area contributed by atoms with Gasteiger partial charge in [0, 0.05) is 5.56 Å². The third kappa shape index (κ3) is 3.37. The Bertz CT molecular complexity index is 873. The maximum atomic E-state index is 12.7. The average Bonchev–Trinajstić information content (AvgIpc) is 2.66. The molecule has 1 saturated heterocycles. The molecule has 0 aromatic heterocycles. The lowest BCUT2D eigenvalue weighted by Crippen LogP contribution is -2.71. The number of urea groups is 1. The fourth-order valence-corrected chi connectivity index (χ4v) is 2.78. The predicted octanol–water partition coefficient (Wildman–Crippen LogP) is 1.08. The van der Waals surface area contributed by atoms with E-state index in [9.17, 15) is 19.2 Å². The number of carbonyl (C=O) groups is 4. The van der Waals surface area contributed by atoms with Gasteiger partial charge in [-0.15, -0.1) is 0 Å². The van der Waals surface area contributed by atoms with Gasteiger partial charge in [-0.1, -0.05) is 30.3 Å². The molecule has 3 N–H and O–H groups in total. The summed E-state index contributed by atoms with van der Waals surface area (Å²) in [6.45, 7) is 2.32. The Balaban J connectivity index is 1.97. The van der Waals surface area contributed by atoms with Gasteiger partial charge in [-0.05, 0) is 36.8 Å². The fraction of sp³-hybridized carbons (Fsp3) is 0.158. The van der Waals surface area contributed by atoms with Gasteiger partial charge in [0.15, 0.2) is 0 Å². The molecule has 8 nitrogen and oxygen atoms in total. The molecule has 1 fully saturated rings. The number of hydrogen-bond acceptors (Lipinski definition) is 5. The van der Waals surface area contributed by atoms with Crippen molar-refractivity contribution in [2.24, 2.45) is 0 Å². The Kier molecular flexibility index (Phi) is 4.89. The summed E-state index contributed by atoms with van der Waals surface area (Å²) in [6, 6.07) is 13.3. The van der Waals surface area contributed by atoms with Crippen LogP contribution in [0.4, 0.5) is 4.79 Å². The van der Waals surface area contributed by atoms with Gasteiger partial charge >= 0.3 is 6.03 Å². The first kappa shape index (κ1) is 18.1. The maximum absolute atomic E-state index is 12.7. The third-order valence-electron chi connectivity index (χ3n) is 4.07. The van der Waals surface area contributed by atoms with Crippen LogP contribution in [0.2, 0.25) is 0 Å². The van der Waals surface area contributed by atoms with Gasteiger partial charge in [-0.2, -0.15) is 0 Å². The minimum Gasteiger partial charge on any atom is -0.494 e. The predicted molar refractivity (Wildman–Crippen MR) is 94.9 cm³/mol. The number of ether oxygens (including phenoxy) is 1. The van der Waals surface area contributed by atoms with Gasteiger partial charge in [0.2, 0.25) is 5.54 Å². The smallest absolute Gasteiger partial charge is 0.328 e. The number of hydrogen-bond donors (Lipinski definition) is 3. The minimum atomic E-state index is -2.06. The molecule has 2 aromatic rings. The molecular weight excluding hydrogens is 350 g/mol. The molecule has 1 heterocycles. The Labute approximate surface area is 154 Å². The quantitative estimate of drug-likeness (QED) is 0.684. The Morgan fingerprint density at radius 3 is 2.11 bits per heavy atom. The van der Waals surface area contributed by atoms with E-state index >= 15 is 0 Å². The lowest BCUT2D eigenvalue weighted by atomic mass is 9.86. The summed E-state index contributed by atoms with van der Waals surface area (Å²) >= 11 is 0. The van der Waals surface area contributed by atoms with E-state index in [1.165, 1.54) is 24.3 Å². The van der Waals surface area contributed by atoms with Crippen LogP contribution in [0.5, 0.6) is 5.75 Å². The van der Waals surface area contributed by atoms with Crippen LogP contribution in [0.3, 0.4) is 0 Å². The maximum Gasteiger partial charge on any atom is 0.328 e.